The monoisotopic (exact) mass is 266 g/mol. The Morgan fingerprint density at radius 1 is 1.44 bits per heavy atom. The maximum Gasteiger partial charge on any atom is 0.125 e. The summed E-state index contributed by atoms with van der Waals surface area (Å²) in [5, 5.41) is 0.678. The standard InChI is InChI=1S/C14H19ClN2O/c1-18-13-8-4-7-12(15)11(13)9-17-14(16)10-5-2-3-6-10/h4,7-8,10H,2-3,5-6,9H2,1H3,(H2,16,17). The lowest BCUT2D eigenvalue weighted by Gasteiger charge is -2.11. The van der Waals surface area contributed by atoms with E-state index >= 15 is 0 Å². The Balaban J connectivity index is 2.11. The zero-order chi connectivity index (χ0) is 13.0. The molecule has 0 aliphatic heterocycles. The van der Waals surface area contributed by atoms with Crippen molar-refractivity contribution >= 4 is 17.4 Å². The molecule has 4 heteroatoms. The van der Waals surface area contributed by atoms with Gasteiger partial charge in [0.1, 0.15) is 5.75 Å². The topological polar surface area (TPSA) is 47.6 Å². The highest BCUT2D eigenvalue weighted by atomic mass is 35.5. The van der Waals surface area contributed by atoms with Gasteiger partial charge in [-0.2, -0.15) is 0 Å². The maximum atomic E-state index is 6.16. The predicted molar refractivity (Wildman–Crippen MR) is 75.3 cm³/mol. The first-order valence-electron chi connectivity index (χ1n) is 6.33. The molecule has 1 saturated carbocycles. The number of benzene rings is 1. The van der Waals surface area contributed by atoms with Crippen molar-refractivity contribution in [3.63, 3.8) is 0 Å². The fourth-order valence-electron chi connectivity index (χ4n) is 2.40. The molecule has 0 radical (unpaired) electrons. The van der Waals surface area contributed by atoms with Crippen LogP contribution < -0.4 is 10.5 Å². The number of aliphatic imine (C=N–C) groups is 1. The van der Waals surface area contributed by atoms with E-state index in [1.54, 1.807) is 7.11 Å². The summed E-state index contributed by atoms with van der Waals surface area (Å²) in [4.78, 5) is 4.48. The maximum absolute atomic E-state index is 6.16. The minimum absolute atomic E-state index is 0.457. The lowest BCUT2D eigenvalue weighted by Crippen LogP contribution is -2.21. The van der Waals surface area contributed by atoms with Gasteiger partial charge in [-0.25, -0.2) is 0 Å². The van der Waals surface area contributed by atoms with E-state index in [4.69, 9.17) is 22.1 Å². The highest BCUT2D eigenvalue weighted by Gasteiger charge is 2.18. The van der Waals surface area contributed by atoms with Gasteiger partial charge < -0.3 is 10.5 Å². The van der Waals surface area contributed by atoms with E-state index in [0.717, 1.165) is 30.0 Å². The van der Waals surface area contributed by atoms with Gasteiger partial charge in [0.2, 0.25) is 0 Å². The van der Waals surface area contributed by atoms with Crippen molar-refractivity contribution in [2.24, 2.45) is 16.6 Å². The van der Waals surface area contributed by atoms with Gasteiger partial charge >= 0.3 is 0 Å². The molecule has 3 nitrogen and oxygen atoms in total. The van der Waals surface area contributed by atoms with Crippen molar-refractivity contribution in [3.05, 3.63) is 28.8 Å². The number of hydrogen-bond donors (Lipinski definition) is 1. The van der Waals surface area contributed by atoms with Crippen LogP contribution in [0.4, 0.5) is 0 Å². The Morgan fingerprint density at radius 2 is 2.17 bits per heavy atom. The largest absolute Gasteiger partial charge is 0.496 e. The van der Waals surface area contributed by atoms with E-state index in [1.807, 2.05) is 18.2 Å². The van der Waals surface area contributed by atoms with Crippen LogP contribution in [-0.4, -0.2) is 12.9 Å². The van der Waals surface area contributed by atoms with Gasteiger partial charge in [-0.05, 0) is 25.0 Å². The normalized spacial score (nSPS) is 17.1. The molecule has 1 aromatic carbocycles. The Bertz CT molecular complexity index is 439. The number of hydrogen-bond acceptors (Lipinski definition) is 2. The van der Waals surface area contributed by atoms with Crippen LogP contribution in [0.25, 0.3) is 0 Å². The number of ether oxygens (including phenoxy) is 1. The Hall–Kier alpha value is -1.22. The summed E-state index contributed by atoms with van der Waals surface area (Å²) >= 11 is 6.16. The molecule has 1 fully saturated rings. The zero-order valence-corrected chi connectivity index (χ0v) is 11.4. The van der Waals surface area contributed by atoms with Gasteiger partial charge in [0.25, 0.3) is 0 Å². The van der Waals surface area contributed by atoms with Gasteiger partial charge in [0, 0.05) is 16.5 Å². The summed E-state index contributed by atoms with van der Waals surface area (Å²) in [6, 6.07) is 5.61. The highest BCUT2D eigenvalue weighted by Crippen LogP contribution is 2.28. The van der Waals surface area contributed by atoms with Crippen LogP contribution in [0.15, 0.2) is 23.2 Å². The molecule has 0 spiro atoms. The first-order valence-corrected chi connectivity index (χ1v) is 6.71. The van der Waals surface area contributed by atoms with Gasteiger partial charge in [0.15, 0.2) is 0 Å². The first kappa shape index (κ1) is 13.2. The molecule has 1 aliphatic carbocycles. The molecular formula is C14H19ClN2O. The number of halogens is 1. The average Bonchev–Trinajstić information content (AvgIpc) is 2.90. The molecule has 98 valence electrons. The fourth-order valence-corrected chi connectivity index (χ4v) is 2.63. The van der Waals surface area contributed by atoms with Gasteiger partial charge in [-0.3, -0.25) is 4.99 Å². The van der Waals surface area contributed by atoms with E-state index < -0.39 is 0 Å². The van der Waals surface area contributed by atoms with E-state index in [0.29, 0.717) is 17.5 Å². The smallest absolute Gasteiger partial charge is 0.125 e. The van der Waals surface area contributed by atoms with Crippen LogP contribution >= 0.6 is 11.6 Å². The average molecular weight is 267 g/mol. The summed E-state index contributed by atoms with van der Waals surface area (Å²) in [5.74, 6) is 1.98. The molecule has 18 heavy (non-hydrogen) atoms. The Labute approximate surface area is 113 Å². The molecule has 0 unspecified atom stereocenters. The van der Waals surface area contributed by atoms with Crippen LogP contribution in [0.2, 0.25) is 5.02 Å². The molecule has 0 amide bonds. The van der Waals surface area contributed by atoms with Crippen LogP contribution in [0.3, 0.4) is 0 Å². The molecule has 0 atom stereocenters. The minimum Gasteiger partial charge on any atom is -0.496 e. The molecule has 0 saturated heterocycles. The number of nitrogens with two attached hydrogens (primary N) is 1. The third kappa shape index (κ3) is 2.96. The third-order valence-corrected chi connectivity index (χ3v) is 3.84. The molecule has 2 N–H and O–H groups in total. The molecule has 1 aliphatic rings. The molecule has 0 heterocycles. The van der Waals surface area contributed by atoms with Crippen molar-refractivity contribution in [3.8, 4) is 5.75 Å². The predicted octanol–water partition coefficient (Wildman–Crippen LogP) is 3.40. The summed E-state index contributed by atoms with van der Waals surface area (Å²) in [7, 11) is 1.64. The number of nitrogens with zero attached hydrogens (tertiary/aromatic N) is 1. The van der Waals surface area contributed by atoms with E-state index in [-0.39, 0.29) is 0 Å². The molecule has 1 aromatic rings. The van der Waals surface area contributed by atoms with Gasteiger partial charge in [0.05, 0.1) is 19.5 Å². The van der Waals surface area contributed by atoms with Gasteiger partial charge in [-0.1, -0.05) is 30.5 Å². The van der Waals surface area contributed by atoms with E-state index in [2.05, 4.69) is 4.99 Å². The van der Waals surface area contributed by atoms with Crippen LogP contribution in [0.1, 0.15) is 31.2 Å². The van der Waals surface area contributed by atoms with E-state index in [1.165, 1.54) is 12.8 Å². The van der Waals surface area contributed by atoms with Crippen molar-refractivity contribution in [2.75, 3.05) is 7.11 Å². The fraction of sp³-hybridized carbons (Fsp3) is 0.500. The highest BCUT2D eigenvalue weighted by molar-refractivity contribution is 6.31. The van der Waals surface area contributed by atoms with Crippen LogP contribution in [0, 0.1) is 5.92 Å². The number of methoxy groups -OCH3 is 1. The van der Waals surface area contributed by atoms with Crippen LogP contribution in [-0.2, 0) is 6.54 Å². The zero-order valence-electron chi connectivity index (χ0n) is 10.7. The first-order chi connectivity index (χ1) is 8.72. The number of rotatable bonds is 4. The second-order valence-corrected chi connectivity index (χ2v) is 5.05. The lowest BCUT2D eigenvalue weighted by atomic mass is 10.1. The molecule has 0 bridgehead atoms. The van der Waals surface area contributed by atoms with Crippen molar-refractivity contribution in [2.45, 2.75) is 32.2 Å². The second-order valence-electron chi connectivity index (χ2n) is 4.64. The van der Waals surface area contributed by atoms with Gasteiger partial charge in [-0.15, -0.1) is 0 Å². The Kier molecular flexibility index (Phi) is 4.48. The second kappa shape index (κ2) is 6.10. The van der Waals surface area contributed by atoms with Crippen LogP contribution in [0.5, 0.6) is 5.75 Å². The lowest BCUT2D eigenvalue weighted by molar-refractivity contribution is 0.410. The molecule has 0 aromatic heterocycles. The number of amidine groups is 1. The molecule has 2 rings (SSSR count). The summed E-state index contributed by atoms with van der Waals surface area (Å²) in [5.41, 5.74) is 6.94. The summed E-state index contributed by atoms with van der Waals surface area (Å²) in [6.07, 6.45) is 4.84. The summed E-state index contributed by atoms with van der Waals surface area (Å²) in [6.45, 7) is 0.491. The van der Waals surface area contributed by atoms with Crippen molar-refractivity contribution in [1.82, 2.24) is 0 Å². The minimum atomic E-state index is 0.457. The molecular weight excluding hydrogens is 248 g/mol. The quantitative estimate of drug-likeness (QED) is 0.671. The van der Waals surface area contributed by atoms with Crippen molar-refractivity contribution in [1.29, 1.82) is 0 Å². The SMILES string of the molecule is COc1cccc(Cl)c1CN=C(N)C1CCCC1. The van der Waals surface area contributed by atoms with E-state index in [9.17, 15) is 0 Å². The third-order valence-electron chi connectivity index (χ3n) is 3.49. The summed E-state index contributed by atoms with van der Waals surface area (Å²) < 4.78 is 5.29. The van der Waals surface area contributed by atoms with Crippen molar-refractivity contribution < 1.29 is 4.74 Å². The Morgan fingerprint density at radius 3 is 2.83 bits per heavy atom.